The Morgan fingerprint density at radius 3 is 2.79 bits per heavy atom. The SMILES string of the molecule is COc1cccc(-n2cnc3c2[C@@H](c2ccc(C(=O)O)cc2)SCC(=O)N3)c1. The summed E-state index contributed by atoms with van der Waals surface area (Å²) in [6.45, 7) is 0. The van der Waals surface area contributed by atoms with E-state index in [1.165, 1.54) is 11.8 Å². The number of rotatable bonds is 4. The molecule has 28 heavy (non-hydrogen) atoms. The molecule has 3 aromatic rings. The normalized spacial score (nSPS) is 16.0. The predicted octanol–water partition coefficient (Wildman–Crippen LogP) is 3.35. The number of methoxy groups -OCH3 is 1. The number of aromatic nitrogens is 2. The lowest BCUT2D eigenvalue weighted by Gasteiger charge is -2.18. The summed E-state index contributed by atoms with van der Waals surface area (Å²) in [6, 6.07) is 14.3. The van der Waals surface area contributed by atoms with Crippen molar-refractivity contribution in [3.05, 3.63) is 71.7 Å². The first-order valence-electron chi connectivity index (χ1n) is 8.53. The monoisotopic (exact) mass is 395 g/mol. The Morgan fingerprint density at radius 2 is 2.07 bits per heavy atom. The fraction of sp³-hybridized carbons (Fsp3) is 0.150. The highest BCUT2D eigenvalue weighted by Gasteiger charge is 2.29. The molecule has 1 atom stereocenters. The molecule has 1 aliphatic heterocycles. The molecule has 0 saturated heterocycles. The van der Waals surface area contributed by atoms with Crippen molar-refractivity contribution in [3.63, 3.8) is 0 Å². The number of carboxylic acids is 1. The number of ether oxygens (including phenoxy) is 1. The smallest absolute Gasteiger partial charge is 0.335 e. The van der Waals surface area contributed by atoms with Crippen molar-refractivity contribution in [3.8, 4) is 11.4 Å². The molecule has 7 nitrogen and oxygen atoms in total. The highest BCUT2D eigenvalue weighted by atomic mass is 32.2. The summed E-state index contributed by atoms with van der Waals surface area (Å²) in [6.07, 6.45) is 1.67. The molecule has 2 N–H and O–H groups in total. The van der Waals surface area contributed by atoms with E-state index in [0.29, 0.717) is 11.6 Å². The quantitative estimate of drug-likeness (QED) is 0.704. The Balaban J connectivity index is 1.83. The minimum Gasteiger partial charge on any atom is -0.497 e. The van der Waals surface area contributed by atoms with Crippen molar-refractivity contribution in [2.24, 2.45) is 0 Å². The number of amides is 1. The van der Waals surface area contributed by atoms with Crippen LogP contribution >= 0.6 is 11.8 Å². The first-order valence-corrected chi connectivity index (χ1v) is 9.58. The lowest BCUT2D eigenvalue weighted by molar-refractivity contribution is -0.113. The molecule has 2 aromatic carbocycles. The van der Waals surface area contributed by atoms with Gasteiger partial charge in [0.2, 0.25) is 5.91 Å². The van der Waals surface area contributed by atoms with Gasteiger partial charge in [0.05, 0.1) is 35.1 Å². The molecule has 0 aliphatic carbocycles. The van der Waals surface area contributed by atoms with E-state index in [4.69, 9.17) is 9.84 Å². The number of hydrogen-bond acceptors (Lipinski definition) is 5. The molecule has 4 rings (SSSR count). The number of benzene rings is 2. The van der Waals surface area contributed by atoms with Crippen molar-refractivity contribution in [2.75, 3.05) is 18.2 Å². The van der Waals surface area contributed by atoms with E-state index in [1.807, 2.05) is 28.8 Å². The average molecular weight is 395 g/mol. The number of thioether (sulfide) groups is 1. The number of hydrogen-bond donors (Lipinski definition) is 2. The van der Waals surface area contributed by atoms with Crippen LogP contribution in [-0.4, -0.2) is 39.4 Å². The molecule has 0 unspecified atom stereocenters. The van der Waals surface area contributed by atoms with E-state index in [9.17, 15) is 9.59 Å². The number of carbonyl (C=O) groups is 2. The molecule has 8 heteroatoms. The Kier molecular flexibility index (Phi) is 4.79. The molecule has 0 saturated carbocycles. The van der Waals surface area contributed by atoms with Crippen molar-refractivity contribution < 1.29 is 19.4 Å². The van der Waals surface area contributed by atoms with Gasteiger partial charge in [-0.3, -0.25) is 9.36 Å². The van der Waals surface area contributed by atoms with Gasteiger partial charge in [0.15, 0.2) is 5.82 Å². The summed E-state index contributed by atoms with van der Waals surface area (Å²) < 4.78 is 7.24. The highest BCUT2D eigenvalue weighted by Crippen LogP contribution is 2.42. The standard InChI is InChI=1S/C20H17N3O4S/c1-27-15-4-2-3-14(9-15)23-11-21-19-17(23)18(28-10-16(24)22-19)12-5-7-13(8-6-12)20(25)26/h2-9,11,18H,10H2,1H3,(H,22,24)(H,25,26)/t18-/m1/s1. The second-order valence-electron chi connectivity index (χ2n) is 6.22. The zero-order chi connectivity index (χ0) is 19.7. The molecule has 1 aromatic heterocycles. The van der Waals surface area contributed by atoms with Gasteiger partial charge in [0.1, 0.15) is 12.1 Å². The Hall–Kier alpha value is -3.26. The summed E-state index contributed by atoms with van der Waals surface area (Å²) >= 11 is 1.47. The lowest BCUT2D eigenvalue weighted by Crippen LogP contribution is -2.12. The zero-order valence-corrected chi connectivity index (χ0v) is 15.8. The highest BCUT2D eigenvalue weighted by molar-refractivity contribution is 8.00. The van der Waals surface area contributed by atoms with Crippen molar-refractivity contribution in [2.45, 2.75) is 5.25 Å². The minimum atomic E-state index is -0.973. The van der Waals surface area contributed by atoms with E-state index in [1.54, 1.807) is 37.7 Å². The molecular weight excluding hydrogens is 378 g/mol. The van der Waals surface area contributed by atoms with E-state index in [2.05, 4.69) is 10.3 Å². The van der Waals surface area contributed by atoms with Gasteiger partial charge in [-0.25, -0.2) is 9.78 Å². The molecule has 1 aliphatic rings. The van der Waals surface area contributed by atoms with Gasteiger partial charge in [-0.2, -0.15) is 0 Å². The number of anilines is 1. The molecule has 0 spiro atoms. The van der Waals surface area contributed by atoms with Crippen LogP contribution in [0, 0.1) is 0 Å². The maximum Gasteiger partial charge on any atom is 0.335 e. The molecule has 0 fully saturated rings. The van der Waals surface area contributed by atoms with Gasteiger partial charge in [-0.15, -0.1) is 11.8 Å². The van der Waals surface area contributed by atoms with Crippen LogP contribution < -0.4 is 10.1 Å². The summed E-state index contributed by atoms with van der Waals surface area (Å²) in [4.78, 5) is 27.7. The summed E-state index contributed by atoms with van der Waals surface area (Å²) in [5.74, 6) is 0.406. The second-order valence-corrected chi connectivity index (χ2v) is 7.31. The number of carbonyl (C=O) groups excluding carboxylic acids is 1. The molecule has 1 amide bonds. The maximum absolute atomic E-state index is 12.1. The summed E-state index contributed by atoms with van der Waals surface area (Å²) in [5, 5.41) is 11.8. The third-order valence-electron chi connectivity index (χ3n) is 4.48. The Labute approximate surface area is 165 Å². The number of imidazole rings is 1. The van der Waals surface area contributed by atoms with E-state index >= 15 is 0 Å². The van der Waals surface area contributed by atoms with Gasteiger partial charge in [0.25, 0.3) is 0 Å². The number of fused-ring (bicyclic) bond motifs is 1. The Bertz CT molecular complexity index is 1050. The summed E-state index contributed by atoms with van der Waals surface area (Å²) in [7, 11) is 1.61. The first-order chi connectivity index (χ1) is 13.6. The number of nitrogens with one attached hydrogen (secondary N) is 1. The molecule has 0 bridgehead atoms. The number of nitrogens with zero attached hydrogens (tertiary/aromatic N) is 2. The molecular formula is C20H17N3O4S. The lowest BCUT2D eigenvalue weighted by atomic mass is 10.1. The molecule has 2 heterocycles. The van der Waals surface area contributed by atoms with E-state index in [0.717, 1.165) is 16.9 Å². The van der Waals surface area contributed by atoms with Gasteiger partial charge in [-0.05, 0) is 29.8 Å². The summed E-state index contributed by atoms with van der Waals surface area (Å²) in [5.41, 5.74) is 2.81. The minimum absolute atomic E-state index is 0.119. The van der Waals surface area contributed by atoms with E-state index < -0.39 is 5.97 Å². The van der Waals surface area contributed by atoms with Gasteiger partial charge >= 0.3 is 5.97 Å². The van der Waals surface area contributed by atoms with Crippen LogP contribution in [0.2, 0.25) is 0 Å². The van der Waals surface area contributed by atoms with Gasteiger partial charge < -0.3 is 15.2 Å². The van der Waals surface area contributed by atoms with Crippen molar-refractivity contribution >= 4 is 29.5 Å². The second kappa shape index (κ2) is 7.40. The van der Waals surface area contributed by atoms with Crippen LogP contribution in [0.25, 0.3) is 5.69 Å². The Morgan fingerprint density at radius 1 is 1.29 bits per heavy atom. The van der Waals surface area contributed by atoms with Crippen LogP contribution in [0.3, 0.4) is 0 Å². The van der Waals surface area contributed by atoms with E-state index in [-0.39, 0.29) is 22.5 Å². The van der Waals surface area contributed by atoms with Crippen LogP contribution in [-0.2, 0) is 4.79 Å². The predicted molar refractivity (Wildman–Crippen MR) is 106 cm³/mol. The molecule has 142 valence electrons. The third-order valence-corrected chi connectivity index (χ3v) is 5.74. The van der Waals surface area contributed by atoms with Gasteiger partial charge in [-0.1, -0.05) is 18.2 Å². The largest absolute Gasteiger partial charge is 0.497 e. The maximum atomic E-state index is 12.1. The fourth-order valence-electron chi connectivity index (χ4n) is 3.13. The fourth-order valence-corrected chi connectivity index (χ4v) is 4.25. The van der Waals surface area contributed by atoms with Crippen LogP contribution in [0.4, 0.5) is 5.82 Å². The zero-order valence-electron chi connectivity index (χ0n) is 15.0. The average Bonchev–Trinajstić information content (AvgIpc) is 3.04. The third kappa shape index (κ3) is 3.34. The van der Waals surface area contributed by atoms with Crippen LogP contribution in [0.15, 0.2) is 54.9 Å². The van der Waals surface area contributed by atoms with Crippen LogP contribution in [0.1, 0.15) is 26.9 Å². The first kappa shape index (κ1) is 18.1. The number of aromatic carboxylic acids is 1. The molecule has 0 radical (unpaired) electrons. The van der Waals surface area contributed by atoms with Crippen molar-refractivity contribution in [1.29, 1.82) is 0 Å². The topological polar surface area (TPSA) is 93.5 Å². The van der Waals surface area contributed by atoms with Crippen molar-refractivity contribution in [1.82, 2.24) is 9.55 Å². The van der Waals surface area contributed by atoms with Gasteiger partial charge in [0, 0.05) is 6.07 Å². The number of carboxylic acid groups (broad SMARTS) is 1. The van der Waals surface area contributed by atoms with Crippen LogP contribution in [0.5, 0.6) is 5.75 Å².